The molecule has 1 unspecified atom stereocenters. The van der Waals surface area contributed by atoms with Crippen LogP contribution in [0, 0.1) is 13.8 Å². The molecule has 0 aliphatic carbocycles. The lowest BCUT2D eigenvalue weighted by molar-refractivity contribution is -0.127. The number of aromatic nitrogens is 1. The van der Waals surface area contributed by atoms with Gasteiger partial charge in [0.2, 0.25) is 17.7 Å². The predicted molar refractivity (Wildman–Crippen MR) is 140 cm³/mol. The van der Waals surface area contributed by atoms with Crippen molar-refractivity contribution in [3.63, 3.8) is 0 Å². The minimum atomic E-state index is -1.00. The van der Waals surface area contributed by atoms with Crippen LogP contribution >= 0.6 is 0 Å². The second-order valence-electron chi connectivity index (χ2n) is 8.97. The van der Waals surface area contributed by atoms with Crippen molar-refractivity contribution in [1.29, 1.82) is 0 Å². The first-order valence-electron chi connectivity index (χ1n) is 11.8. The molecular formula is C28H32N4O4. The molecule has 3 rings (SSSR count). The molecule has 3 aromatic rings. The van der Waals surface area contributed by atoms with E-state index in [0.717, 1.165) is 11.1 Å². The largest absolute Gasteiger partial charge is 0.508 e. The number of amides is 3. The topological polar surface area (TPSA) is 112 Å². The number of hydrogen-bond acceptors (Lipinski definition) is 5. The van der Waals surface area contributed by atoms with Gasteiger partial charge in [-0.1, -0.05) is 30.3 Å². The highest BCUT2D eigenvalue weighted by Crippen LogP contribution is 2.33. The fraction of sp³-hybridized carbons (Fsp3) is 0.286. The summed E-state index contributed by atoms with van der Waals surface area (Å²) in [6, 6.07) is 15.9. The molecule has 8 nitrogen and oxygen atoms in total. The number of benzene rings is 2. The maximum Gasteiger partial charge on any atom is 0.248 e. The second kappa shape index (κ2) is 12.0. The van der Waals surface area contributed by atoms with Crippen LogP contribution in [-0.4, -0.2) is 33.9 Å². The summed E-state index contributed by atoms with van der Waals surface area (Å²) in [6.45, 7) is 7.47. The highest BCUT2D eigenvalue weighted by atomic mass is 16.3. The van der Waals surface area contributed by atoms with Crippen molar-refractivity contribution >= 4 is 29.2 Å². The van der Waals surface area contributed by atoms with Gasteiger partial charge < -0.3 is 15.7 Å². The third-order valence-corrected chi connectivity index (χ3v) is 5.54. The van der Waals surface area contributed by atoms with E-state index in [1.54, 1.807) is 36.5 Å². The van der Waals surface area contributed by atoms with Crippen LogP contribution in [0.5, 0.6) is 5.75 Å². The average Bonchev–Trinajstić information content (AvgIpc) is 2.83. The first kappa shape index (κ1) is 26.4. The Morgan fingerprint density at radius 3 is 2.33 bits per heavy atom. The Balaban J connectivity index is 1.98. The summed E-state index contributed by atoms with van der Waals surface area (Å²) in [5, 5.41) is 15.4. The Labute approximate surface area is 211 Å². The predicted octanol–water partition coefficient (Wildman–Crippen LogP) is 4.42. The van der Waals surface area contributed by atoms with Gasteiger partial charge in [-0.2, -0.15) is 0 Å². The van der Waals surface area contributed by atoms with Crippen molar-refractivity contribution in [3.8, 4) is 5.75 Å². The summed E-state index contributed by atoms with van der Waals surface area (Å²) in [6.07, 6.45) is 1.37. The van der Waals surface area contributed by atoms with E-state index in [0.29, 0.717) is 17.1 Å². The Morgan fingerprint density at radius 1 is 0.972 bits per heavy atom. The summed E-state index contributed by atoms with van der Waals surface area (Å²) in [4.78, 5) is 45.3. The van der Waals surface area contributed by atoms with Gasteiger partial charge in [0.25, 0.3) is 0 Å². The van der Waals surface area contributed by atoms with E-state index in [1.165, 1.54) is 17.0 Å². The highest BCUT2D eigenvalue weighted by molar-refractivity contribution is 6.03. The van der Waals surface area contributed by atoms with Crippen LogP contribution in [0.4, 0.5) is 11.5 Å². The Kier molecular flexibility index (Phi) is 8.78. The van der Waals surface area contributed by atoms with Crippen LogP contribution in [0.15, 0.2) is 66.9 Å². The van der Waals surface area contributed by atoms with Gasteiger partial charge in [0.1, 0.15) is 17.6 Å². The number of phenolic OH excluding ortho intramolecular Hbond substituents is 1. The van der Waals surface area contributed by atoms with Crippen molar-refractivity contribution in [1.82, 2.24) is 10.3 Å². The fourth-order valence-electron chi connectivity index (χ4n) is 3.82. The molecule has 188 valence electrons. The quantitative estimate of drug-likeness (QED) is 0.413. The molecule has 36 heavy (non-hydrogen) atoms. The molecule has 1 aromatic heterocycles. The zero-order valence-electron chi connectivity index (χ0n) is 21.0. The molecule has 0 radical (unpaired) electrons. The molecule has 8 heteroatoms. The standard InChI is InChI=1S/C28H32N4O4/c1-18(2)30-28(36)27(21-10-12-22(33)13-11-21)32(23-17-19(3)8-9-20(23)4)26(35)15-14-25(34)31-24-7-5-6-16-29-24/h5-13,16-18,27,33H,14-15H2,1-4H3,(H,30,36)(H,29,31,34). The van der Waals surface area contributed by atoms with Crippen LogP contribution in [0.1, 0.15) is 49.4 Å². The SMILES string of the molecule is Cc1ccc(C)c(N(C(=O)CCC(=O)Nc2ccccn2)C(C(=O)NC(C)C)c2ccc(O)cc2)c1. The average molecular weight is 489 g/mol. The molecule has 3 N–H and O–H groups in total. The lowest BCUT2D eigenvalue weighted by atomic mass is 10.00. The first-order chi connectivity index (χ1) is 17.2. The smallest absolute Gasteiger partial charge is 0.248 e. The summed E-state index contributed by atoms with van der Waals surface area (Å²) < 4.78 is 0. The van der Waals surface area contributed by atoms with Crippen LogP contribution < -0.4 is 15.5 Å². The lowest BCUT2D eigenvalue weighted by Gasteiger charge is -2.33. The van der Waals surface area contributed by atoms with Gasteiger partial charge in [0, 0.05) is 30.8 Å². The van der Waals surface area contributed by atoms with Crippen molar-refractivity contribution in [2.24, 2.45) is 0 Å². The molecule has 0 bridgehead atoms. The second-order valence-corrected chi connectivity index (χ2v) is 8.97. The van der Waals surface area contributed by atoms with Crippen molar-refractivity contribution < 1.29 is 19.5 Å². The summed E-state index contributed by atoms with van der Waals surface area (Å²) >= 11 is 0. The van der Waals surface area contributed by atoms with E-state index >= 15 is 0 Å². The van der Waals surface area contributed by atoms with E-state index in [1.807, 2.05) is 45.9 Å². The minimum Gasteiger partial charge on any atom is -0.508 e. The maximum absolute atomic E-state index is 13.7. The van der Waals surface area contributed by atoms with Gasteiger partial charge in [0.05, 0.1) is 0 Å². The molecule has 0 spiro atoms. The van der Waals surface area contributed by atoms with Gasteiger partial charge in [-0.3, -0.25) is 19.3 Å². The minimum absolute atomic E-state index is 0.0533. The Morgan fingerprint density at radius 2 is 1.69 bits per heavy atom. The lowest BCUT2D eigenvalue weighted by Crippen LogP contribution is -2.46. The van der Waals surface area contributed by atoms with Gasteiger partial charge in [-0.25, -0.2) is 4.98 Å². The van der Waals surface area contributed by atoms with E-state index in [9.17, 15) is 19.5 Å². The fourth-order valence-corrected chi connectivity index (χ4v) is 3.82. The molecule has 1 atom stereocenters. The van der Waals surface area contributed by atoms with Crippen LogP contribution in [0.2, 0.25) is 0 Å². The highest BCUT2D eigenvalue weighted by Gasteiger charge is 2.34. The van der Waals surface area contributed by atoms with Crippen LogP contribution in [0.25, 0.3) is 0 Å². The van der Waals surface area contributed by atoms with E-state index in [2.05, 4.69) is 15.6 Å². The zero-order chi connectivity index (χ0) is 26.2. The summed E-state index contributed by atoms with van der Waals surface area (Å²) in [5.74, 6) is -0.632. The number of anilines is 2. The molecular weight excluding hydrogens is 456 g/mol. The number of carbonyl (C=O) groups excluding carboxylic acids is 3. The molecule has 1 heterocycles. The number of aryl methyl sites for hydroxylation is 2. The Hall–Kier alpha value is -4.20. The number of carbonyl (C=O) groups is 3. The maximum atomic E-state index is 13.7. The first-order valence-corrected chi connectivity index (χ1v) is 11.8. The van der Waals surface area contributed by atoms with Crippen LogP contribution in [0.3, 0.4) is 0 Å². The van der Waals surface area contributed by atoms with E-state index < -0.39 is 6.04 Å². The van der Waals surface area contributed by atoms with Gasteiger partial charge in [0.15, 0.2) is 0 Å². The van der Waals surface area contributed by atoms with Crippen LogP contribution in [-0.2, 0) is 14.4 Å². The molecule has 0 fully saturated rings. The zero-order valence-corrected chi connectivity index (χ0v) is 21.0. The number of rotatable bonds is 9. The number of nitrogens with zero attached hydrogens (tertiary/aromatic N) is 2. The molecule has 3 amide bonds. The van der Waals surface area contributed by atoms with E-state index in [4.69, 9.17) is 0 Å². The van der Waals surface area contributed by atoms with E-state index in [-0.39, 0.29) is 42.4 Å². The number of nitrogens with one attached hydrogen (secondary N) is 2. The van der Waals surface area contributed by atoms with Crippen molar-refractivity contribution in [2.45, 2.75) is 52.6 Å². The number of phenols is 1. The third-order valence-electron chi connectivity index (χ3n) is 5.54. The normalized spacial score (nSPS) is 11.6. The number of pyridine rings is 1. The number of aromatic hydroxyl groups is 1. The van der Waals surface area contributed by atoms with Gasteiger partial charge in [-0.05, 0) is 74.7 Å². The van der Waals surface area contributed by atoms with Gasteiger partial charge in [-0.15, -0.1) is 0 Å². The summed E-state index contributed by atoms with van der Waals surface area (Å²) in [5.41, 5.74) is 2.86. The third kappa shape index (κ3) is 6.91. The molecule has 2 aromatic carbocycles. The van der Waals surface area contributed by atoms with Gasteiger partial charge >= 0.3 is 0 Å². The molecule has 0 aliphatic rings. The monoisotopic (exact) mass is 488 g/mol. The molecule has 0 aliphatic heterocycles. The van der Waals surface area contributed by atoms with Crippen molar-refractivity contribution in [2.75, 3.05) is 10.2 Å². The Bertz CT molecular complexity index is 1210. The molecule has 0 saturated carbocycles. The summed E-state index contributed by atoms with van der Waals surface area (Å²) in [7, 11) is 0. The van der Waals surface area contributed by atoms with Crippen molar-refractivity contribution in [3.05, 3.63) is 83.6 Å². The number of hydrogen-bond donors (Lipinski definition) is 3. The molecule has 0 saturated heterocycles.